The van der Waals surface area contributed by atoms with Gasteiger partial charge in [-0.05, 0) is 42.8 Å². The SMILES string of the molecule is CCOC(=O)c1ccc2[nH]c(Cc3c[nH]c4c(Cl)cccc34)cc2c1. The van der Waals surface area contributed by atoms with E-state index in [1.54, 1.807) is 13.0 Å². The molecule has 0 aliphatic carbocycles. The van der Waals surface area contributed by atoms with E-state index in [4.69, 9.17) is 16.3 Å². The van der Waals surface area contributed by atoms with Crippen LogP contribution in [0.4, 0.5) is 0 Å². The number of rotatable bonds is 4. The Hall–Kier alpha value is -2.72. The molecule has 5 heteroatoms. The summed E-state index contributed by atoms with van der Waals surface area (Å²) >= 11 is 6.23. The van der Waals surface area contributed by atoms with Gasteiger partial charge in [-0.25, -0.2) is 4.79 Å². The molecule has 2 N–H and O–H groups in total. The third-order valence-electron chi connectivity index (χ3n) is 4.32. The topological polar surface area (TPSA) is 57.9 Å². The van der Waals surface area contributed by atoms with Crippen LogP contribution < -0.4 is 0 Å². The number of H-pyrrole nitrogens is 2. The van der Waals surface area contributed by atoms with Crippen LogP contribution in [0.25, 0.3) is 21.8 Å². The molecule has 2 heterocycles. The first-order valence-corrected chi connectivity index (χ1v) is 8.56. The zero-order chi connectivity index (χ0) is 17.4. The molecule has 0 aliphatic heterocycles. The minimum atomic E-state index is -0.293. The van der Waals surface area contributed by atoms with Crippen LogP contribution in [0.2, 0.25) is 5.02 Å². The molecule has 4 aromatic rings. The molecule has 0 saturated heterocycles. The van der Waals surface area contributed by atoms with Crippen LogP contribution in [-0.2, 0) is 11.2 Å². The largest absolute Gasteiger partial charge is 0.462 e. The van der Waals surface area contributed by atoms with E-state index < -0.39 is 0 Å². The summed E-state index contributed by atoms with van der Waals surface area (Å²) in [7, 11) is 0. The lowest BCUT2D eigenvalue weighted by molar-refractivity contribution is 0.0526. The van der Waals surface area contributed by atoms with Crippen molar-refractivity contribution < 1.29 is 9.53 Å². The smallest absolute Gasteiger partial charge is 0.338 e. The molecule has 126 valence electrons. The van der Waals surface area contributed by atoms with Gasteiger partial charge in [0.2, 0.25) is 0 Å². The third-order valence-corrected chi connectivity index (χ3v) is 4.63. The first-order chi connectivity index (χ1) is 12.2. The van der Waals surface area contributed by atoms with Crippen LogP contribution in [0.15, 0.2) is 48.7 Å². The van der Waals surface area contributed by atoms with Crippen molar-refractivity contribution in [3.05, 3.63) is 70.5 Å². The van der Waals surface area contributed by atoms with Gasteiger partial charge in [-0.1, -0.05) is 23.7 Å². The lowest BCUT2D eigenvalue weighted by Crippen LogP contribution is -2.03. The van der Waals surface area contributed by atoms with E-state index in [-0.39, 0.29) is 5.97 Å². The highest BCUT2D eigenvalue weighted by atomic mass is 35.5. The molecule has 25 heavy (non-hydrogen) atoms. The minimum absolute atomic E-state index is 0.293. The van der Waals surface area contributed by atoms with E-state index in [0.29, 0.717) is 12.2 Å². The molecule has 2 aromatic heterocycles. The summed E-state index contributed by atoms with van der Waals surface area (Å²) in [6.45, 7) is 2.18. The maximum atomic E-state index is 11.9. The highest BCUT2D eigenvalue weighted by molar-refractivity contribution is 6.35. The molecular formula is C20H17ClN2O2. The lowest BCUT2D eigenvalue weighted by atomic mass is 10.1. The standard InChI is InChI=1S/C20H17ClN2O2/c1-2-25-20(24)12-6-7-18-13(8-12)9-15(23-18)10-14-11-22-19-16(14)4-3-5-17(19)21/h3-9,11,22-23H,2,10H2,1H3. The fourth-order valence-electron chi connectivity index (χ4n) is 3.16. The lowest BCUT2D eigenvalue weighted by Gasteiger charge is -2.01. The van der Waals surface area contributed by atoms with Crippen molar-refractivity contribution in [3.63, 3.8) is 0 Å². The Morgan fingerprint density at radius 1 is 1.20 bits per heavy atom. The number of aromatic nitrogens is 2. The van der Waals surface area contributed by atoms with Crippen molar-refractivity contribution in [2.24, 2.45) is 0 Å². The molecule has 0 bridgehead atoms. The van der Waals surface area contributed by atoms with Crippen LogP contribution in [-0.4, -0.2) is 22.5 Å². The normalized spacial score (nSPS) is 11.3. The van der Waals surface area contributed by atoms with Gasteiger partial charge in [-0.15, -0.1) is 0 Å². The first-order valence-electron chi connectivity index (χ1n) is 8.19. The van der Waals surface area contributed by atoms with Crippen molar-refractivity contribution in [2.75, 3.05) is 6.61 Å². The molecule has 4 nitrogen and oxygen atoms in total. The number of ether oxygens (including phenoxy) is 1. The zero-order valence-corrected chi connectivity index (χ0v) is 14.5. The Morgan fingerprint density at radius 3 is 2.92 bits per heavy atom. The number of para-hydroxylation sites is 1. The highest BCUT2D eigenvalue weighted by Gasteiger charge is 2.11. The fourth-order valence-corrected chi connectivity index (χ4v) is 3.39. The number of benzene rings is 2. The molecule has 2 aromatic carbocycles. The second-order valence-electron chi connectivity index (χ2n) is 5.97. The van der Waals surface area contributed by atoms with Gasteiger partial charge in [0.25, 0.3) is 0 Å². The third kappa shape index (κ3) is 2.89. The van der Waals surface area contributed by atoms with E-state index in [0.717, 1.165) is 38.9 Å². The van der Waals surface area contributed by atoms with Gasteiger partial charge in [0.15, 0.2) is 0 Å². The highest BCUT2D eigenvalue weighted by Crippen LogP contribution is 2.27. The van der Waals surface area contributed by atoms with Crippen LogP contribution >= 0.6 is 11.6 Å². The monoisotopic (exact) mass is 352 g/mol. The molecule has 0 saturated carbocycles. The average molecular weight is 353 g/mol. The van der Waals surface area contributed by atoms with Gasteiger partial charge in [-0.2, -0.15) is 0 Å². The number of nitrogens with one attached hydrogen (secondary N) is 2. The molecule has 0 atom stereocenters. The van der Waals surface area contributed by atoms with Crippen molar-refractivity contribution in [2.45, 2.75) is 13.3 Å². The molecule has 0 radical (unpaired) electrons. The van der Waals surface area contributed by atoms with E-state index >= 15 is 0 Å². The number of carbonyl (C=O) groups excluding carboxylic acids is 1. The Labute approximate surface area is 149 Å². The predicted molar refractivity (Wildman–Crippen MR) is 100 cm³/mol. The number of esters is 1. The molecule has 0 fully saturated rings. The second-order valence-corrected chi connectivity index (χ2v) is 6.38. The van der Waals surface area contributed by atoms with Crippen molar-refractivity contribution in [1.29, 1.82) is 0 Å². The van der Waals surface area contributed by atoms with E-state index in [9.17, 15) is 4.79 Å². The Bertz CT molecular complexity index is 1080. The van der Waals surface area contributed by atoms with Crippen molar-refractivity contribution in [1.82, 2.24) is 9.97 Å². The van der Waals surface area contributed by atoms with Gasteiger partial charge < -0.3 is 14.7 Å². The Morgan fingerprint density at radius 2 is 2.08 bits per heavy atom. The number of hydrogen-bond donors (Lipinski definition) is 2. The molecule has 0 amide bonds. The summed E-state index contributed by atoms with van der Waals surface area (Å²) in [6.07, 6.45) is 2.75. The molecule has 0 unspecified atom stereocenters. The summed E-state index contributed by atoms with van der Waals surface area (Å²) in [5.41, 5.74) is 4.78. The molecule has 0 spiro atoms. The van der Waals surface area contributed by atoms with Gasteiger partial charge in [0.05, 0.1) is 22.7 Å². The molecule has 0 aliphatic rings. The zero-order valence-electron chi connectivity index (χ0n) is 13.7. The van der Waals surface area contributed by atoms with E-state index in [1.807, 2.05) is 30.5 Å². The summed E-state index contributed by atoms with van der Waals surface area (Å²) in [5, 5.41) is 2.84. The summed E-state index contributed by atoms with van der Waals surface area (Å²) in [4.78, 5) is 18.5. The van der Waals surface area contributed by atoms with Crippen LogP contribution in [0.5, 0.6) is 0 Å². The van der Waals surface area contributed by atoms with E-state index in [2.05, 4.69) is 22.1 Å². The second kappa shape index (κ2) is 6.30. The van der Waals surface area contributed by atoms with Gasteiger partial charge in [-0.3, -0.25) is 0 Å². The van der Waals surface area contributed by atoms with Crippen molar-refractivity contribution in [3.8, 4) is 0 Å². The number of fused-ring (bicyclic) bond motifs is 2. The summed E-state index contributed by atoms with van der Waals surface area (Å²) in [5.74, 6) is -0.293. The maximum Gasteiger partial charge on any atom is 0.338 e. The van der Waals surface area contributed by atoms with Crippen LogP contribution in [0, 0.1) is 0 Å². The van der Waals surface area contributed by atoms with Gasteiger partial charge in [0.1, 0.15) is 0 Å². The fraction of sp³-hybridized carbons (Fsp3) is 0.150. The quantitative estimate of drug-likeness (QED) is 0.504. The van der Waals surface area contributed by atoms with Gasteiger partial charge >= 0.3 is 5.97 Å². The van der Waals surface area contributed by atoms with Gasteiger partial charge in [0, 0.05) is 34.6 Å². The number of hydrogen-bond acceptors (Lipinski definition) is 2. The maximum absolute atomic E-state index is 11.9. The molecule has 4 rings (SSSR count). The average Bonchev–Trinajstić information content (AvgIpc) is 3.19. The number of aromatic amines is 2. The molecular weight excluding hydrogens is 336 g/mol. The van der Waals surface area contributed by atoms with Crippen molar-refractivity contribution >= 4 is 39.4 Å². The Balaban J connectivity index is 1.67. The number of halogens is 1. The summed E-state index contributed by atoms with van der Waals surface area (Å²) < 4.78 is 5.06. The minimum Gasteiger partial charge on any atom is -0.462 e. The Kier molecular flexibility index (Phi) is 3.98. The first kappa shape index (κ1) is 15.8. The number of carbonyl (C=O) groups is 1. The van der Waals surface area contributed by atoms with Crippen LogP contribution in [0.3, 0.4) is 0 Å². The summed E-state index contributed by atoms with van der Waals surface area (Å²) in [6, 6.07) is 13.5. The van der Waals surface area contributed by atoms with E-state index in [1.165, 1.54) is 5.56 Å². The predicted octanol–water partition coefficient (Wildman–Crippen LogP) is 5.07. The van der Waals surface area contributed by atoms with Crippen LogP contribution in [0.1, 0.15) is 28.5 Å².